The van der Waals surface area contributed by atoms with E-state index in [-0.39, 0.29) is 5.91 Å². The van der Waals surface area contributed by atoms with Gasteiger partial charge >= 0.3 is 6.18 Å². The number of pyridine rings is 1. The van der Waals surface area contributed by atoms with Gasteiger partial charge in [-0.1, -0.05) is 60.7 Å². The molecule has 0 saturated heterocycles. The summed E-state index contributed by atoms with van der Waals surface area (Å²) in [5.41, 5.74) is 1.21. The molecule has 1 amide bonds. The number of carbonyl (C=O) groups excluding carboxylic acids is 1. The number of alkyl halides is 3. The van der Waals surface area contributed by atoms with Crippen LogP contribution in [0.15, 0.2) is 78.9 Å². The van der Waals surface area contributed by atoms with Crippen molar-refractivity contribution in [2.45, 2.75) is 18.3 Å². The van der Waals surface area contributed by atoms with Gasteiger partial charge in [-0.05, 0) is 29.3 Å². The molecule has 2 atom stereocenters. The minimum atomic E-state index is -4.40. The molecule has 3 aromatic rings. The lowest BCUT2D eigenvalue weighted by atomic mass is 10.0. The van der Waals surface area contributed by atoms with Gasteiger partial charge in [-0.3, -0.25) is 10.1 Å². The monoisotopic (exact) mass is 455 g/mol. The predicted octanol–water partition coefficient (Wildman–Crippen LogP) is 4.94. The van der Waals surface area contributed by atoms with Gasteiger partial charge in [-0.25, -0.2) is 4.98 Å². The molecule has 0 fully saturated rings. The van der Waals surface area contributed by atoms with E-state index in [1.54, 1.807) is 37.4 Å². The number of rotatable bonds is 8. The molecule has 172 valence electrons. The molecule has 0 unspecified atom stereocenters. The third kappa shape index (κ3) is 6.43. The highest BCUT2D eigenvalue weighted by atomic mass is 19.4. The Labute approximate surface area is 190 Å². The summed E-state index contributed by atoms with van der Waals surface area (Å²) < 4.78 is 43.8. The normalized spacial score (nSPS) is 13.5. The van der Waals surface area contributed by atoms with Crippen molar-refractivity contribution in [3.63, 3.8) is 0 Å². The van der Waals surface area contributed by atoms with Crippen molar-refractivity contribution in [1.82, 2.24) is 15.6 Å². The van der Waals surface area contributed by atoms with Crippen LogP contribution in [0.2, 0.25) is 0 Å². The molecule has 0 aliphatic carbocycles. The lowest BCUT2D eigenvalue weighted by Gasteiger charge is -2.23. The van der Waals surface area contributed by atoms with Crippen LogP contribution in [0.25, 0.3) is 6.08 Å². The second-order valence-corrected chi connectivity index (χ2v) is 7.19. The number of halogens is 3. The average molecular weight is 455 g/mol. The zero-order valence-electron chi connectivity index (χ0n) is 18.1. The Kier molecular flexibility index (Phi) is 7.84. The van der Waals surface area contributed by atoms with Crippen molar-refractivity contribution in [3.8, 4) is 5.88 Å². The quantitative estimate of drug-likeness (QED) is 0.505. The van der Waals surface area contributed by atoms with Crippen molar-refractivity contribution in [2.24, 2.45) is 0 Å². The van der Waals surface area contributed by atoms with Gasteiger partial charge in [0.1, 0.15) is 6.04 Å². The van der Waals surface area contributed by atoms with E-state index in [2.05, 4.69) is 15.6 Å². The average Bonchev–Trinajstić information content (AvgIpc) is 2.84. The van der Waals surface area contributed by atoms with E-state index in [4.69, 9.17) is 4.74 Å². The van der Waals surface area contributed by atoms with Crippen molar-refractivity contribution < 1.29 is 22.7 Å². The Balaban J connectivity index is 1.95. The maximum absolute atomic E-state index is 12.9. The highest BCUT2D eigenvalue weighted by Gasteiger charge is 2.30. The topological polar surface area (TPSA) is 63.2 Å². The van der Waals surface area contributed by atoms with E-state index >= 15 is 0 Å². The van der Waals surface area contributed by atoms with Crippen LogP contribution < -0.4 is 15.4 Å². The first-order valence-electron chi connectivity index (χ1n) is 10.2. The molecule has 3 rings (SSSR count). The molecular formula is C25H24F3N3O2. The second kappa shape index (κ2) is 10.8. The number of aromatic nitrogens is 1. The van der Waals surface area contributed by atoms with Gasteiger partial charge in [0.05, 0.1) is 24.4 Å². The van der Waals surface area contributed by atoms with E-state index in [9.17, 15) is 18.0 Å². The fourth-order valence-electron chi connectivity index (χ4n) is 3.24. The minimum absolute atomic E-state index is 0.239. The molecule has 1 heterocycles. The zero-order chi connectivity index (χ0) is 23.8. The van der Waals surface area contributed by atoms with Crippen molar-refractivity contribution in [2.75, 3.05) is 14.2 Å². The smallest absolute Gasteiger partial charge is 0.416 e. The van der Waals surface area contributed by atoms with E-state index in [0.717, 1.165) is 17.7 Å². The van der Waals surface area contributed by atoms with Gasteiger partial charge < -0.3 is 10.1 Å². The molecule has 0 aliphatic heterocycles. The first kappa shape index (κ1) is 24.0. The Morgan fingerprint density at radius 3 is 2.30 bits per heavy atom. The number of benzene rings is 2. The first-order chi connectivity index (χ1) is 15.8. The predicted molar refractivity (Wildman–Crippen MR) is 120 cm³/mol. The molecule has 1 aromatic heterocycles. The standard InChI is InChI=1S/C25H24F3N3O2/c1-29-24(32)23(18-7-4-3-5-8-18)31-21(20-9-6-10-22(30-20)33-2)16-13-17-11-14-19(15-12-17)25(26,27)28/h3-16,21,23,31H,1-2H3,(H,29,32)/b16-13+/t21-,23-/m0/s1. The van der Waals surface area contributed by atoms with Gasteiger partial charge in [-0.15, -0.1) is 0 Å². The summed E-state index contributed by atoms with van der Waals surface area (Å²) in [5, 5.41) is 5.96. The number of ether oxygens (including phenoxy) is 1. The second-order valence-electron chi connectivity index (χ2n) is 7.19. The summed E-state index contributed by atoms with van der Waals surface area (Å²) in [4.78, 5) is 17.1. The summed E-state index contributed by atoms with van der Waals surface area (Å²) in [6.07, 6.45) is -0.957. The lowest BCUT2D eigenvalue weighted by Crippen LogP contribution is -2.37. The Hall–Kier alpha value is -3.65. The van der Waals surface area contributed by atoms with Crippen LogP contribution in [0.3, 0.4) is 0 Å². The zero-order valence-corrected chi connectivity index (χ0v) is 18.1. The SMILES string of the molecule is CNC(=O)[C@@H](N[C@@H](/C=C/c1ccc(C(F)(F)F)cc1)c1cccc(OC)n1)c1ccccc1. The largest absolute Gasteiger partial charge is 0.481 e. The van der Waals surface area contributed by atoms with Crippen molar-refractivity contribution in [3.05, 3.63) is 101 Å². The molecule has 0 saturated carbocycles. The van der Waals surface area contributed by atoms with Crippen LogP contribution in [-0.4, -0.2) is 25.0 Å². The molecule has 5 nitrogen and oxygen atoms in total. The van der Waals surface area contributed by atoms with Crippen LogP contribution in [0.4, 0.5) is 13.2 Å². The van der Waals surface area contributed by atoms with Gasteiger partial charge in [-0.2, -0.15) is 13.2 Å². The van der Waals surface area contributed by atoms with Crippen LogP contribution >= 0.6 is 0 Å². The number of hydrogen-bond donors (Lipinski definition) is 2. The van der Waals surface area contributed by atoms with Crippen LogP contribution in [0, 0.1) is 0 Å². The first-order valence-corrected chi connectivity index (χ1v) is 10.2. The molecule has 2 N–H and O–H groups in total. The molecule has 0 aliphatic rings. The van der Waals surface area contributed by atoms with E-state index in [1.807, 2.05) is 30.3 Å². The number of amides is 1. The highest BCUT2D eigenvalue weighted by Crippen LogP contribution is 2.29. The molecular weight excluding hydrogens is 431 g/mol. The third-order valence-electron chi connectivity index (χ3n) is 4.98. The van der Waals surface area contributed by atoms with Gasteiger partial charge in [0, 0.05) is 13.1 Å². The van der Waals surface area contributed by atoms with E-state index in [1.165, 1.54) is 19.2 Å². The third-order valence-corrected chi connectivity index (χ3v) is 4.98. The fourth-order valence-corrected chi connectivity index (χ4v) is 3.24. The Morgan fingerprint density at radius 2 is 1.70 bits per heavy atom. The molecule has 0 spiro atoms. The summed E-state index contributed by atoms with van der Waals surface area (Å²) in [6, 6.07) is 18.1. The van der Waals surface area contributed by atoms with Crippen LogP contribution in [0.5, 0.6) is 5.88 Å². The Morgan fingerprint density at radius 1 is 1.00 bits per heavy atom. The number of likely N-dealkylation sites (N-methyl/N-ethyl adjacent to an activating group) is 1. The molecule has 0 bridgehead atoms. The van der Waals surface area contributed by atoms with Crippen molar-refractivity contribution >= 4 is 12.0 Å². The summed E-state index contributed by atoms with van der Waals surface area (Å²) in [6.45, 7) is 0. The molecule has 8 heteroatoms. The van der Waals surface area contributed by atoms with Gasteiger partial charge in [0.15, 0.2) is 0 Å². The lowest BCUT2D eigenvalue weighted by molar-refractivity contribution is -0.137. The summed E-state index contributed by atoms with van der Waals surface area (Å²) in [5.74, 6) is 0.162. The summed E-state index contributed by atoms with van der Waals surface area (Å²) >= 11 is 0. The Bertz CT molecular complexity index is 1080. The van der Waals surface area contributed by atoms with Crippen molar-refractivity contribution in [1.29, 1.82) is 0 Å². The number of hydrogen-bond acceptors (Lipinski definition) is 4. The maximum Gasteiger partial charge on any atom is 0.416 e. The minimum Gasteiger partial charge on any atom is -0.481 e. The molecule has 33 heavy (non-hydrogen) atoms. The molecule has 0 radical (unpaired) electrons. The number of carbonyl (C=O) groups is 1. The summed E-state index contributed by atoms with van der Waals surface area (Å²) in [7, 11) is 3.06. The van der Waals surface area contributed by atoms with Gasteiger partial charge in [0.25, 0.3) is 0 Å². The number of methoxy groups -OCH3 is 1. The van der Waals surface area contributed by atoms with Crippen LogP contribution in [0.1, 0.15) is 34.5 Å². The van der Waals surface area contributed by atoms with E-state index < -0.39 is 23.8 Å². The highest BCUT2D eigenvalue weighted by molar-refractivity contribution is 5.83. The van der Waals surface area contributed by atoms with Crippen LogP contribution in [-0.2, 0) is 11.0 Å². The number of nitrogens with one attached hydrogen (secondary N) is 2. The fraction of sp³-hybridized carbons (Fsp3) is 0.200. The molecule has 2 aromatic carbocycles. The maximum atomic E-state index is 12.9. The number of nitrogens with zero attached hydrogens (tertiary/aromatic N) is 1. The van der Waals surface area contributed by atoms with Gasteiger partial charge in [0.2, 0.25) is 11.8 Å². The van der Waals surface area contributed by atoms with E-state index in [0.29, 0.717) is 17.1 Å².